The van der Waals surface area contributed by atoms with E-state index in [-0.39, 0.29) is 5.78 Å². The summed E-state index contributed by atoms with van der Waals surface area (Å²) < 4.78 is 1.19. The number of rotatable bonds is 4. The van der Waals surface area contributed by atoms with Gasteiger partial charge in [0.2, 0.25) is 0 Å². The fourth-order valence-corrected chi connectivity index (χ4v) is 2.77. The molecule has 0 amide bonds. The lowest BCUT2D eigenvalue weighted by atomic mass is 10.1. The fourth-order valence-electron chi connectivity index (χ4n) is 1.12. The third-order valence-electron chi connectivity index (χ3n) is 1.72. The maximum absolute atomic E-state index is 11.2. The fraction of sp³-hybridized carbons (Fsp3) is 0.300. The van der Waals surface area contributed by atoms with Crippen molar-refractivity contribution >= 4 is 56.1 Å². The van der Waals surface area contributed by atoms with Crippen LogP contribution < -0.4 is 0 Å². The minimum atomic E-state index is 0.221. The van der Waals surface area contributed by atoms with Gasteiger partial charge in [-0.3, -0.25) is 4.79 Å². The summed E-state index contributed by atoms with van der Waals surface area (Å²) in [5, 5.41) is 0.438. The SMILES string of the molecule is CSc1cc(I)cc(CC(=O)CBr)c1. The molecule has 1 aromatic rings. The van der Waals surface area contributed by atoms with Gasteiger partial charge in [-0.15, -0.1) is 11.8 Å². The molecule has 4 heteroatoms. The number of hydrogen-bond acceptors (Lipinski definition) is 2. The summed E-state index contributed by atoms with van der Waals surface area (Å²) in [6, 6.07) is 6.25. The molecule has 0 spiro atoms. The molecule has 1 aromatic carbocycles. The topological polar surface area (TPSA) is 17.1 Å². The number of Topliss-reactive ketones (excluding diaryl/α,β-unsaturated/α-hetero) is 1. The molecule has 0 aliphatic carbocycles. The normalized spacial score (nSPS) is 10.2. The van der Waals surface area contributed by atoms with Crippen LogP contribution in [0.25, 0.3) is 0 Å². The second-order valence-electron chi connectivity index (χ2n) is 2.85. The molecule has 1 nitrogen and oxygen atoms in total. The monoisotopic (exact) mass is 384 g/mol. The van der Waals surface area contributed by atoms with Gasteiger partial charge in [0.05, 0.1) is 5.33 Å². The predicted molar refractivity (Wildman–Crippen MR) is 73.4 cm³/mol. The van der Waals surface area contributed by atoms with E-state index in [2.05, 4.69) is 56.7 Å². The average Bonchev–Trinajstić information content (AvgIpc) is 2.16. The van der Waals surface area contributed by atoms with Crippen LogP contribution >= 0.6 is 50.3 Å². The number of halogens is 2. The van der Waals surface area contributed by atoms with Crippen molar-refractivity contribution in [3.05, 3.63) is 27.3 Å². The molecule has 0 heterocycles. The van der Waals surface area contributed by atoms with Gasteiger partial charge in [-0.25, -0.2) is 0 Å². The van der Waals surface area contributed by atoms with Crippen LogP contribution in [-0.2, 0) is 11.2 Å². The summed E-state index contributed by atoms with van der Waals surface area (Å²) in [5.41, 5.74) is 1.10. The Morgan fingerprint density at radius 1 is 1.50 bits per heavy atom. The van der Waals surface area contributed by atoms with Gasteiger partial charge < -0.3 is 0 Å². The Hall–Kier alpha value is 0.450. The second-order valence-corrected chi connectivity index (χ2v) is 5.53. The number of carbonyl (C=O) groups excluding carboxylic acids is 1. The highest BCUT2D eigenvalue weighted by atomic mass is 127. The number of thioether (sulfide) groups is 1. The molecule has 0 fully saturated rings. The lowest BCUT2D eigenvalue weighted by Gasteiger charge is -2.03. The molecular weight excluding hydrogens is 375 g/mol. The number of benzene rings is 1. The molecule has 14 heavy (non-hydrogen) atoms. The van der Waals surface area contributed by atoms with E-state index in [1.54, 1.807) is 11.8 Å². The van der Waals surface area contributed by atoms with Crippen molar-refractivity contribution in [3.8, 4) is 0 Å². The van der Waals surface area contributed by atoms with E-state index in [1.807, 2.05) is 6.26 Å². The van der Waals surface area contributed by atoms with E-state index in [0.29, 0.717) is 11.8 Å². The summed E-state index contributed by atoms with van der Waals surface area (Å²) >= 11 is 7.15. The van der Waals surface area contributed by atoms with Gasteiger partial charge in [0, 0.05) is 14.9 Å². The molecule has 0 N–H and O–H groups in total. The summed E-state index contributed by atoms with van der Waals surface area (Å²) in [5.74, 6) is 0.221. The van der Waals surface area contributed by atoms with Gasteiger partial charge in [0.1, 0.15) is 5.78 Å². The highest BCUT2D eigenvalue weighted by Gasteiger charge is 2.04. The first-order chi connectivity index (χ1) is 6.65. The summed E-state index contributed by atoms with van der Waals surface area (Å²) in [7, 11) is 0. The number of hydrogen-bond donors (Lipinski definition) is 0. The molecule has 0 aliphatic rings. The molecule has 0 bridgehead atoms. The van der Waals surface area contributed by atoms with Crippen molar-refractivity contribution in [1.29, 1.82) is 0 Å². The van der Waals surface area contributed by atoms with Gasteiger partial charge in [0.15, 0.2) is 0 Å². The highest BCUT2D eigenvalue weighted by Crippen LogP contribution is 2.20. The third kappa shape index (κ3) is 3.90. The van der Waals surface area contributed by atoms with Crippen LogP contribution in [0.15, 0.2) is 23.1 Å². The molecule has 1 rings (SSSR count). The molecule has 0 saturated heterocycles. The molecule has 0 unspecified atom stereocenters. The largest absolute Gasteiger partial charge is 0.298 e. The van der Waals surface area contributed by atoms with Crippen LogP contribution in [-0.4, -0.2) is 17.4 Å². The van der Waals surface area contributed by atoms with Crippen molar-refractivity contribution in [1.82, 2.24) is 0 Å². The summed E-state index contributed by atoms with van der Waals surface area (Å²) in [4.78, 5) is 12.5. The van der Waals surface area contributed by atoms with Gasteiger partial charge >= 0.3 is 0 Å². The van der Waals surface area contributed by atoms with Gasteiger partial charge in [-0.05, 0) is 52.6 Å². The quantitative estimate of drug-likeness (QED) is 0.449. The lowest BCUT2D eigenvalue weighted by Crippen LogP contribution is -2.03. The van der Waals surface area contributed by atoms with Crippen molar-refractivity contribution in [3.63, 3.8) is 0 Å². The predicted octanol–water partition coefficient (Wildman–Crippen LogP) is 3.52. The number of carbonyl (C=O) groups is 1. The number of alkyl halides is 1. The molecule has 0 radical (unpaired) electrons. The van der Waals surface area contributed by atoms with Crippen molar-refractivity contribution < 1.29 is 4.79 Å². The van der Waals surface area contributed by atoms with Crippen molar-refractivity contribution in [2.45, 2.75) is 11.3 Å². The molecule has 0 atom stereocenters. The Balaban J connectivity index is 2.86. The van der Waals surface area contributed by atoms with Crippen molar-refractivity contribution in [2.75, 3.05) is 11.6 Å². The Labute approximate surface area is 110 Å². The van der Waals surface area contributed by atoms with E-state index in [1.165, 1.54) is 8.47 Å². The standard InChI is InChI=1S/C10H10BrIOS/c1-14-10-4-7(2-8(12)5-10)3-9(13)6-11/h2,4-5H,3,6H2,1H3. The van der Waals surface area contributed by atoms with E-state index < -0.39 is 0 Å². The Morgan fingerprint density at radius 2 is 2.21 bits per heavy atom. The van der Waals surface area contributed by atoms with E-state index in [4.69, 9.17) is 0 Å². The second kappa shape index (κ2) is 6.12. The zero-order chi connectivity index (χ0) is 10.6. The highest BCUT2D eigenvalue weighted by molar-refractivity contribution is 14.1. The molecule has 0 aliphatic heterocycles. The first-order valence-corrected chi connectivity index (χ1v) is 7.49. The van der Waals surface area contributed by atoms with Crippen LogP contribution in [0.1, 0.15) is 5.56 Å². The molecular formula is C10H10BrIOS. The molecule has 76 valence electrons. The van der Waals surface area contributed by atoms with Crippen LogP contribution in [0.5, 0.6) is 0 Å². The Bertz CT molecular complexity index is 341. The summed E-state index contributed by atoms with van der Waals surface area (Å²) in [6.07, 6.45) is 2.57. The smallest absolute Gasteiger partial charge is 0.147 e. The third-order valence-corrected chi connectivity index (χ3v) is 3.67. The minimum Gasteiger partial charge on any atom is -0.298 e. The average molecular weight is 385 g/mol. The first-order valence-electron chi connectivity index (χ1n) is 4.07. The Morgan fingerprint density at radius 3 is 2.79 bits per heavy atom. The van der Waals surface area contributed by atoms with E-state index >= 15 is 0 Å². The zero-order valence-electron chi connectivity index (χ0n) is 7.72. The maximum atomic E-state index is 11.2. The first kappa shape index (κ1) is 12.5. The minimum absolute atomic E-state index is 0.221. The zero-order valence-corrected chi connectivity index (χ0v) is 12.3. The van der Waals surface area contributed by atoms with Gasteiger partial charge in [-0.2, -0.15) is 0 Å². The number of ketones is 1. The van der Waals surface area contributed by atoms with Crippen LogP contribution in [0.4, 0.5) is 0 Å². The van der Waals surface area contributed by atoms with Crippen LogP contribution in [0.3, 0.4) is 0 Å². The van der Waals surface area contributed by atoms with Gasteiger partial charge in [0.25, 0.3) is 0 Å². The molecule has 0 saturated carbocycles. The van der Waals surface area contributed by atoms with Crippen LogP contribution in [0.2, 0.25) is 0 Å². The van der Waals surface area contributed by atoms with E-state index in [0.717, 1.165) is 5.56 Å². The lowest BCUT2D eigenvalue weighted by molar-refractivity contribution is -0.115. The van der Waals surface area contributed by atoms with Crippen molar-refractivity contribution in [2.24, 2.45) is 0 Å². The Kier molecular flexibility index (Phi) is 5.48. The molecule has 0 aromatic heterocycles. The maximum Gasteiger partial charge on any atom is 0.147 e. The van der Waals surface area contributed by atoms with Crippen LogP contribution in [0, 0.1) is 3.57 Å². The van der Waals surface area contributed by atoms with Gasteiger partial charge in [-0.1, -0.05) is 15.9 Å². The summed E-state index contributed by atoms with van der Waals surface area (Å²) in [6.45, 7) is 0. The van der Waals surface area contributed by atoms with E-state index in [9.17, 15) is 4.79 Å².